The Morgan fingerprint density at radius 2 is 2.47 bits per heavy atom. The molecular weight excluding hydrogens is 221 g/mol. The lowest BCUT2D eigenvalue weighted by Crippen LogP contribution is -2.43. The van der Waals surface area contributed by atoms with Gasteiger partial charge in [-0.2, -0.15) is 0 Å². The standard InChI is InChI=1S/C10H7ClFNO2/c11-10-3-7(12)6(4-13-10)1-2-9-8(14)5-15-9/h3-4,8-9,14H,5H2. The molecule has 0 aromatic carbocycles. The highest BCUT2D eigenvalue weighted by atomic mass is 35.5. The Bertz CT molecular complexity index is 441. The largest absolute Gasteiger partial charge is 0.387 e. The molecule has 2 rings (SSSR count). The van der Waals surface area contributed by atoms with Crippen molar-refractivity contribution >= 4 is 11.6 Å². The number of aromatic nitrogens is 1. The van der Waals surface area contributed by atoms with Crippen LogP contribution in [0.25, 0.3) is 0 Å². The van der Waals surface area contributed by atoms with Crippen LogP contribution in [0.2, 0.25) is 5.15 Å². The van der Waals surface area contributed by atoms with Gasteiger partial charge in [-0.1, -0.05) is 23.4 Å². The molecule has 1 fully saturated rings. The van der Waals surface area contributed by atoms with Crippen molar-refractivity contribution < 1.29 is 14.2 Å². The topological polar surface area (TPSA) is 42.4 Å². The van der Waals surface area contributed by atoms with Gasteiger partial charge in [0.05, 0.1) is 12.2 Å². The lowest BCUT2D eigenvalue weighted by atomic mass is 10.1. The quantitative estimate of drug-likeness (QED) is 0.531. The highest BCUT2D eigenvalue weighted by molar-refractivity contribution is 6.29. The molecule has 0 radical (unpaired) electrons. The van der Waals surface area contributed by atoms with E-state index >= 15 is 0 Å². The number of halogens is 2. The van der Waals surface area contributed by atoms with Gasteiger partial charge in [0.2, 0.25) is 0 Å². The normalized spacial score (nSPS) is 23.9. The molecule has 1 N–H and O–H groups in total. The molecule has 78 valence electrons. The number of aliphatic hydroxyl groups is 1. The molecule has 0 saturated carbocycles. The van der Waals surface area contributed by atoms with Gasteiger partial charge in [0.25, 0.3) is 0 Å². The zero-order valence-electron chi connectivity index (χ0n) is 7.58. The number of ether oxygens (including phenoxy) is 1. The lowest BCUT2D eigenvalue weighted by molar-refractivity contribution is -0.132. The highest BCUT2D eigenvalue weighted by Crippen LogP contribution is 2.13. The number of pyridine rings is 1. The minimum atomic E-state index is -0.583. The smallest absolute Gasteiger partial charge is 0.146 e. The van der Waals surface area contributed by atoms with Gasteiger partial charge in [0.1, 0.15) is 23.2 Å². The fourth-order valence-electron chi connectivity index (χ4n) is 1.06. The van der Waals surface area contributed by atoms with Crippen LogP contribution in [0, 0.1) is 17.7 Å². The van der Waals surface area contributed by atoms with Crippen LogP contribution in [-0.4, -0.2) is 28.9 Å². The van der Waals surface area contributed by atoms with Gasteiger partial charge >= 0.3 is 0 Å². The van der Waals surface area contributed by atoms with Gasteiger partial charge in [-0.05, 0) is 0 Å². The van der Waals surface area contributed by atoms with Crippen LogP contribution in [0.5, 0.6) is 0 Å². The summed E-state index contributed by atoms with van der Waals surface area (Å²) in [6, 6.07) is 1.09. The summed E-state index contributed by atoms with van der Waals surface area (Å²) in [7, 11) is 0. The summed E-state index contributed by atoms with van der Waals surface area (Å²) in [5.74, 6) is 4.61. The number of hydrogen-bond acceptors (Lipinski definition) is 3. The van der Waals surface area contributed by atoms with E-state index in [-0.39, 0.29) is 17.3 Å². The van der Waals surface area contributed by atoms with Crippen LogP contribution in [0.3, 0.4) is 0 Å². The molecular formula is C10H7ClFNO2. The molecule has 0 aliphatic carbocycles. The molecule has 1 aromatic heterocycles. The Hall–Kier alpha value is -1.15. The van der Waals surface area contributed by atoms with Crippen molar-refractivity contribution in [1.29, 1.82) is 0 Å². The summed E-state index contributed by atoms with van der Waals surface area (Å²) in [6.45, 7) is 0.278. The number of rotatable bonds is 0. The average molecular weight is 228 g/mol. The van der Waals surface area contributed by atoms with E-state index in [2.05, 4.69) is 16.8 Å². The zero-order valence-corrected chi connectivity index (χ0v) is 8.33. The number of hydrogen-bond donors (Lipinski definition) is 1. The van der Waals surface area contributed by atoms with Crippen LogP contribution in [0.1, 0.15) is 5.56 Å². The Balaban J connectivity index is 2.16. The fraction of sp³-hybridized carbons (Fsp3) is 0.300. The average Bonchev–Trinajstić information content (AvgIpc) is 2.19. The van der Waals surface area contributed by atoms with Crippen molar-refractivity contribution in [2.24, 2.45) is 0 Å². The first-order chi connectivity index (χ1) is 7.16. The van der Waals surface area contributed by atoms with Crippen molar-refractivity contribution in [2.45, 2.75) is 12.2 Å². The minimum absolute atomic E-state index is 0.0815. The molecule has 15 heavy (non-hydrogen) atoms. The molecule has 2 atom stereocenters. The van der Waals surface area contributed by atoms with E-state index < -0.39 is 18.0 Å². The monoisotopic (exact) mass is 227 g/mol. The summed E-state index contributed by atoms with van der Waals surface area (Å²) >= 11 is 5.48. The minimum Gasteiger partial charge on any atom is -0.387 e. The van der Waals surface area contributed by atoms with Gasteiger partial charge in [0, 0.05) is 12.3 Å². The molecule has 0 bridgehead atoms. The molecule has 0 spiro atoms. The van der Waals surface area contributed by atoms with Crippen molar-refractivity contribution in [1.82, 2.24) is 4.98 Å². The van der Waals surface area contributed by atoms with Gasteiger partial charge < -0.3 is 9.84 Å². The van der Waals surface area contributed by atoms with E-state index in [0.717, 1.165) is 6.07 Å². The highest BCUT2D eigenvalue weighted by Gasteiger charge is 2.27. The summed E-state index contributed by atoms with van der Waals surface area (Å²) in [5.41, 5.74) is 0.141. The third kappa shape index (κ3) is 2.26. The summed E-state index contributed by atoms with van der Waals surface area (Å²) in [4.78, 5) is 3.70. The van der Waals surface area contributed by atoms with E-state index in [1.807, 2.05) is 0 Å². The van der Waals surface area contributed by atoms with Crippen LogP contribution in [0.4, 0.5) is 4.39 Å². The molecule has 0 amide bonds. The maximum absolute atomic E-state index is 13.2. The predicted octanol–water partition coefficient (Wildman–Crippen LogP) is 0.985. The van der Waals surface area contributed by atoms with Gasteiger partial charge in [-0.3, -0.25) is 0 Å². The Labute approximate surface area is 90.8 Å². The van der Waals surface area contributed by atoms with Crippen LogP contribution >= 0.6 is 11.6 Å². The maximum atomic E-state index is 13.2. The second kappa shape index (κ2) is 4.15. The van der Waals surface area contributed by atoms with Crippen molar-refractivity contribution in [3.8, 4) is 11.8 Å². The molecule has 1 aliphatic heterocycles. The molecule has 1 saturated heterocycles. The third-order valence-electron chi connectivity index (χ3n) is 1.97. The van der Waals surface area contributed by atoms with Gasteiger partial charge in [-0.25, -0.2) is 9.37 Å². The van der Waals surface area contributed by atoms with E-state index in [1.165, 1.54) is 6.20 Å². The number of aliphatic hydroxyl groups excluding tert-OH is 1. The van der Waals surface area contributed by atoms with E-state index in [1.54, 1.807) is 0 Å². The predicted molar refractivity (Wildman–Crippen MR) is 51.8 cm³/mol. The van der Waals surface area contributed by atoms with Crippen molar-refractivity contribution in [3.05, 3.63) is 28.8 Å². The second-order valence-corrected chi connectivity index (χ2v) is 3.46. The number of nitrogens with zero attached hydrogens (tertiary/aromatic N) is 1. The lowest BCUT2D eigenvalue weighted by Gasteiger charge is -2.28. The third-order valence-corrected chi connectivity index (χ3v) is 2.17. The molecule has 3 nitrogen and oxygen atoms in total. The van der Waals surface area contributed by atoms with Crippen LogP contribution < -0.4 is 0 Å². The van der Waals surface area contributed by atoms with E-state index in [9.17, 15) is 4.39 Å². The Morgan fingerprint density at radius 3 is 3.00 bits per heavy atom. The molecule has 2 unspecified atom stereocenters. The molecule has 1 aromatic rings. The molecule has 5 heteroatoms. The van der Waals surface area contributed by atoms with Crippen molar-refractivity contribution in [2.75, 3.05) is 6.61 Å². The Kier molecular flexibility index (Phi) is 2.87. The first kappa shape index (κ1) is 10.4. The summed E-state index contributed by atoms with van der Waals surface area (Å²) < 4.78 is 18.1. The molecule has 2 heterocycles. The second-order valence-electron chi connectivity index (χ2n) is 3.08. The maximum Gasteiger partial charge on any atom is 0.146 e. The van der Waals surface area contributed by atoms with Crippen LogP contribution in [0.15, 0.2) is 12.3 Å². The van der Waals surface area contributed by atoms with Crippen LogP contribution in [-0.2, 0) is 4.74 Å². The first-order valence-electron chi connectivity index (χ1n) is 4.29. The summed E-state index contributed by atoms with van der Waals surface area (Å²) in [5, 5.41) is 9.22. The summed E-state index contributed by atoms with van der Waals surface area (Å²) in [6.07, 6.45) is 0.135. The van der Waals surface area contributed by atoms with Gasteiger partial charge in [0.15, 0.2) is 0 Å². The first-order valence-corrected chi connectivity index (χ1v) is 4.67. The zero-order chi connectivity index (χ0) is 10.8. The Morgan fingerprint density at radius 1 is 1.67 bits per heavy atom. The fourth-order valence-corrected chi connectivity index (χ4v) is 1.21. The van der Waals surface area contributed by atoms with E-state index in [4.69, 9.17) is 21.4 Å². The molecule has 1 aliphatic rings. The van der Waals surface area contributed by atoms with Crippen molar-refractivity contribution in [3.63, 3.8) is 0 Å². The SMILES string of the molecule is OC1COC1C#Cc1cnc(Cl)cc1F. The van der Waals surface area contributed by atoms with Gasteiger partial charge in [-0.15, -0.1) is 0 Å². The van der Waals surface area contributed by atoms with E-state index in [0.29, 0.717) is 0 Å².